The molecular weight excluding hydrogens is 348 g/mol. The lowest BCUT2D eigenvalue weighted by atomic mass is 9.91. The molecule has 1 fully saturated rings. The summed E-state index contributed by atoms with van der Waals surface area (Å²) in [5, 5.41) is -0.580. The number of ether oxygens (including phenoxy) is 4. The van der Waals surface area contributed by atoms with Gasteiger partial charge in [0, 0.05) is 26.7 Å². The smallest absolute Gasteiger partial charge is 0.303 e. The predicted octanol–water partition coefficient (Wildman–Crippen LogP) is 1.17. The Hall–Kier alpha value is -1.15. The van der Waals surface area contributed by atoms with Crippen molar-refractivity contribution in [1.82, 2.24) is 0 Å². The molecular formula is C13H19BrO7. The standard InChI is InChI=1S/C13H19BrO7/c1-6-11(19-8(3)16)10(5-18-7(2)15)21-13(14)12(6)20-9(4)17/h6,10-13H,5H2,1-4H3/t6-,10?,11+,12?,13+/m0/s1. The van der Waals surface area contributed by atoms with Crippen molar-refractivity contribution in [3.63, 3.8) is 0 Å². The molecule has 0 amide bonds. The molecule has 0 aromatic rings. The lowest BCUT2D eigenvalue weighted by molar-refractivity contribution is -0.210. The summed E-state index contributed by atoms with van der Waals surface area (Å²) in [7, 11) is 0. The molecule has 0 aromatic carbocycles. The maximum atomic E-state index is 11.2. The number of carbonyl (C=O) groups excluding carboxylic acids is 3. The normalized spacial score (nSPS) is 32.1. The van der Waals surface area contributed by atoms with E-state index in [1.807, 2.05) is 0 Å². The van der Waals surface area contributed by atoms with Crippen LogP contribution in [0.1, 0.15) is 27.7 Å². The van der Waals surface area contributed by atoms with Gasteiger partial charge in [0.05, 0.1) is 0 Å². The summed E-state index contributed by atoms with van der Waals surface area (Å²) in [6.07, 6.45) is -1.93. The van der Waals surface area contributed by atoms with Crippen LogP contribution in [0, 0.1) is 5.92 Å². The number of hydrogen-bond donors (Lipinski definition) is 0. The molecule has 1 saturated heterocycles. The summed E-state index contributed by atoms with van der Waals surface area (Å²) in [6, 6.07) is 0. The average Bonchev–Trinajstić information content (AvgIpc) is 2.35. The fourth-order valence-corrected chi connectivity index (χ4v) is 3.01. The second kappa shape index (κ2) is 7.74. The van der Waals surface area contributed by atoms with Gasteiger partial charge in [-0.05, 0) is 0 Å². The van der Waals surface area contributed by atoms with Crippen molar-refractivity contribution in [3.8, 4) is 0 Å². The molecule has 5 atom stereocenters. The molecule has 2 unspecified atom stereocenters. The van der Waals surface area contributed by atoms with Gasteiger partial charge in [-0.1, -0.05) is 22.9 Å². The van der Waals surface area contributed by atoms with Crippen molar-refractivity contribution < 1.29 is 33.3 Å². The van der Waals surface area contributed by atoms with Crippen LogP contribution in [0.3, 0.4) is 0 Å². The SMILES string of the molecule is CC(=O)OCC1O[C@@H](Br)C(OC(C)=O)[C@@H](C)[C@H]1OC(C)=O. The first-order valence-corrected chi connectivity index (χ1v) is 7.41. The van der Waals surface area contributed by atoms with Gasteiger partial charge >= 0.3 is 17.9 Å². The minimum absolute atomic E-state index is 0.0491. The summed E-state index contributed by atoms with van der Waals surface area (Å²) >= 11 is 3.28. The van der Waals surface area contributed by atoms with Crippen LogP contribution in [0.15, 0.2) is 0 Å². The zero-order chi connectivity index (χ0) is 16.2. The van der Waals surface area contributed by atoms with Crippen LogP contribution in [0.4, 0.5) is 0 Å². The van der Waals surface area contributed by atoms with E-state index < -0.39 is 41.2 Å². The number of rotatable bonds is 4. The van der Waals surface area contributed by atoms with E-state index in [0.29, 0.717) is 0 Å². The van der Waals surface area contributed by atoms with E-state index in [9.17, 15) is 14.4 Å². The van der Waals surface area contributed by atoms with Crippen molar-refractivity contribution in [3.05, 3.63) is 0 Å². The summed E-state index contributed by atoms with van der Waals surface area (Å²) in [5.74, 6) is -1.73. The molecule has 7 nitrogen and oxygen atoms in total. The average molecular weight is 367 g/mol. The van der Waals surface area contributed by atoms with Gasteiger partial charge < -0.3 is 18.9 Å². The van der Waals surface area contributed by atoms with Crippen molar-refractivity contribution >= 4 is 33.8 Å². The molecule has 1 aliphatic rings. The van der Waals surface area contributed by atoms with Crippen LogP contribution in [0.5, 0.6) is 0 Å². The van der Waals surface area contributed by atoms with Gasteiger partial charge in [0.15, 0.2) is 0 Å². The topological polar surface area (TPSA) is 88.1 Å². The molecule has 0 spiro atoms. The van der Waals surface area contributed by atoms with E-state index in [1.165, 1.54) is 20.8 Å². The Kier molecular flexibility index (Phi) is 6.60. The monoisotopic (exact) mass is 366 g/mol. The van der Waals surface area contributed by atoms with E-state index in [-0.39, 0.29) is 12.5 Å². The van der Waals surface area contributed by atoms with Crippen LogP contribution in [0.2, 0.25) is 0 Å². The zero-order valence-corrected chi connectivity index (χ0v) is 13.9. The molecule has 0 N–H and O–H groups in total. The first kappa shape index (κ1) is 17.9. The fraction of sp³-hybridized carbons (Fsp3) is 0.769. The molecule has 1 rings (SSSR count). The van der Waals surface area contributed by atoms with Gasteiger partial charge in [-0.15, -0.1) is 0 Å². The summed E-state index contributed by atoms with van der Waals surface area (Å²) < 4.78 is 21.0. The Balaban J connectivity index is 2.86. The van der Waals surface area contributed by atoms with Gasteiger partial charge in [0.25, 0.3) is 0 Å². The number of alkyl halides is 1. The van der Waals surface area contributed by atoms with Crippen molar-refractivity contribution in [1.29, 1.82) is 0 Å². The highest BCUT2D eigenvalue weighted by Gasteiger charge is 2.46. The van der Waals surface area contributed by atoms with Crippen LogP contribution < -0.4 is 0 Å². The first-order chi connectivity index (χ1) is 9.72. The molecule has 0 saturated carbocycles. The molecule has 1 aliphatic heterocycles. The Labute approximate surface area is 131 Å². The Morgan fingerprint density at radius 2 is 1.52 bits per heavy atom. The Morgan fingerprint density at radius 1 is 1.00 bits per heavy atom. The molecule has 0 aliphatic carbocycles. The molecule has 0 bridgehead atoms. The fourth-order valence-electron chi connectivity index (χ4n) is 2.15. The number of esters is 3. The third-order valence-corrected chi connectivity index (χ3v) is 3.76. The summed E-state index contributed by atoms with van der Waals surface area (Å²) in [4.78, 5) is 33.3. The van der Waals surface area contributed by atoms with Crippen LogP contribution in [-0.2, 0) is 33.3 Å². The number of hydrogen-bond acceptors (Lipinski definition) is 7. The molecule has 0 aromatic heterocycles. The molecule has 1 heterocycles. The third kappa shape index (κ3) is 5.28. The zero-order valence-electron chi connectivity index (χ0n) is 12.3. The van der Waals surface area contributed by atoms with Gasteiger partial charge in [0.2, 0.25) is 0 Å². The van der Waals surface area contributed by atoms with Crippen LogP contribution in [0.25, 0.3) is 0 Å². The Morgan fingerprint density at radius 3 is 2.00 bits per heavy atom. The highest BCUT2D eigenvalue weighted by molar-refractivity contribution is 9.09. The quantitative estimate of drug-likeness (QED) is 0.419. The van der Waals surface area contributed by atoms with E-state index in [1.54, 1.807) is 6.92 Å². The second-order valence-electron chi connectivity index (χ2n) is 4.84. The maximum Gasteiger partial charge on any atom is 0.303 e. The number of halogens is 1. The first-order valence-electron chi connectivity index (χ1n) is 6.49. The van der Waals surface area contributed by atoms with Crippen molar-refractivity contribution in [2.24, 2.45) is 5.92 Å². The maximum absolute atomic E-state index is 11.2. The lowest BCUT2D eigenvalue weighted by Crippen LogP contribution is -2.55. The third-order valence-electron chi connectivity index (χ3n) is 3.02. The van der Waals surface area contributed by atoms with Crippen LogP contribution >= 0.6 is 15.9 Å². The molecule has 0 radical (unpaired) electrons. The van der Waals surface area contributed by atoms with Gasteiger partial charge in [-0.3, -0.25) is 14.4 Å². The van der Waals surface area contributed by atoms with Gasteiger partial charge in [-0.25, -0.2) is 0 Å². The Bertz CT molecular complexity index is 409. The minimum atomic E-state index is -0.681. The lowest BCUT2D eigenvalue weighted by Gasteiger charge is -2.42. The summed E-state index contributed by atoms with van der Waals surface area (Å²) in [5.41, 5.74) is 0. The van der Waals surface area contributed by atoms with E-state index >= 15 is 0 Å². The predicted molar refractivity (Wildman–Crippen MR) is 74.5 cm³/mol. The highest BCUT2D eigenvalue weighted by atomic mass is 79.9. The van der Waals surface area contributed by atoms with Crippen molar-refractivity contribution in [2.45, 2.75) is 51.0 Å². The minimum Gasteiger partial charge on any atom is -0.463 e. The molecule has 8 heteroatoms. The van der Waals surface area contributed by atoms with Gasteiger partial charge in [0.1, 0.15) is 29.9 Å². The number of carbonyl (C=O) groups is 3. The highest BCUT2D eigenvalue weighted by Crippen LogP contribution is 2.33. The molecule has 120 valence electrons. The summed E-state index contributed by atoms with van der Waals surface area (Å²) in [6.45, 7) is 5.57. The van der Waals surface area contributed by atoms with E-state index in [0.717, 1.165) is 0 Å². The van der Waals surface area contributed by atoms with Crippen LogP contribution in [-0.4, -0.2) is 47.8 Å². The molecule has 21 heavy (non-hydrogen) atoms. The van der Waals surface area contributed by atoms with E-state index in [4.69, 9.17) is 18.9 Å². The largest absolute Gasteiger partial charge is 0.463 e. The second-order valence-corrected chi connectivity index (χ2v) is 5.74. The van der Waals surface area contributed by atoms with E-state index in [2.05, 4.69) is 15.9 Å². The van der Waals surface area contributed by atoms with Crippen molar-refractivity contribution in [2.75, 3.05) is 6.61 Å². The van der Waals surface area contributed by atoms with Gasteiger partial charge in [-0.2, -0.15) is 0 Å².